The summed E-state index contributed by atoms with van der Waals surface area (Å²) in [5.74, 6) is -1.15. The number of hydrogen-bond acceptors (Lipinski definition) is 3. The smallest absolute Gasteiger partial charge is 0.356 e. The van der Waals surface area contributed by atoms with Crippen molar-refractivity contribution in [2.45, 2.75) is 33.9 Å². The van der Waals surface area contributed by atoms with Gasteiger partial charge in [0, 0.05) is 11.9 Å². The molecule has 0 radical (unpaired) electrons. The molecule has 0 amide bonds. The Morgan fingerprint density at radius 1 is 1.07 bits per heavy atom. The highest BCUT2D eigenvalue weighted by Gasteiger charge is 2.26. The quantitative estimate of drug-likeness (QED) is 0.565. The maximum absolute atomic E-state index is 13.2. The average molecular weight is 434 g/mol. The van der Waals surface area contributed by atoms with E-state index in [0.717, 1.165) is 5.56 Å². The molecule has 0 spiro atoms. The van der Waals surface area contributed by atoms with Crippen molar-refractivity contribution in [3.8, 4) is 5.75 Å². The lowest BCUT2D eigenvalue weighted by Crippen LogP contribution is -2.32. The van der Waals surface area contributed by atoms with Gasteiger partial charge in [0.05, 0.1) is 15.4 Å². The molecule has 0 fully saturated rings. The second kappa shape index (κ2) is 8.09. The third-order valence-electron chi connectivity index (χ3n) is 4.33. The van der Waals surface area contributed by atoms with Crippen LogP contribution in [-0.4, -0.2) is 15.6 Å². The van der Waals surface area contributed by atoms with Crippen molar-refractivity contribution in [3.63, 3.8) is 0 Å². The van der Waals surface area contributed by atoms with Gasteiger partial charge in [-0.2, -0.15) is 0 Å². The lowest BCUT2D eigenvalue weighted by molar-refractivity contribution is 0.0674. The lowest BCUT2D eigenvalue weighted by atomic mass is 9.96. The van der Waals surface area contributed by atoms with E-state index >= 15 is 0 Å². The molecule has 1 N–H and O–H groups in total. The second-order valence-electron chi connectivity index (χ2n) is 8.02. The monoisotopic (exact) mass is 433 g/mol. The number of pyridine rings is 1. The van der Waals surface area contributed by atoms with Crippen LogP contribution in [0.4, 0.5) is 0 Å². The van der Waals surface area contributed by atoms with Gasteiger partial charge in [-0.25, -0.2) is 4.79 Å². The largest absolute Gasteiger partial charge is 0.486 e. The van der Waals surface area contributed by atoms with Crippen molar-refractivity contribution >= 4 is 39.9 Å². The number of benzene rings is 2. The number of nitrogens with zero attached hydrogens (tertiary/aromatic N) is 1. The highest BCUT2D eigenvalue weighted by atomic mass is 35.5. The Morgan fingerprint density at radius 3 is 2.21 bits per heavy atom. The number of fused-ring (bicyclic) bond motifs is 1. The van der Waals surface area contributed by atoms with E-state index in [1.807, 2.05) is 51.1 Å². The van der Waals surface area contributed by atoms with Gasteiger partial charge in [0.2, 0.25) is 0 Å². The summed E-state index contributed by atoms with van der Waals surface area (Å²) >= 11 is 12.3. The van der Waals surface area contributed by atoms with E-state index in [1.54, 1.807) is 0 Å². The molecule has 5 nitrogen and oxygen atoms in total. The molecule has 0 bridgehead atoms. The molecule has 0 saturated carbocycles. The van der Waals surface area contributed by atoms with E-state index in [0.29, 0.717) is 5.39 Å². The number of aromatic nitrogens is 1. The normalized spacial score (nSPS) is 11.6. The van der Waals surface area contributed by atoms with Crippen LogP contribution in [0, 0.1) is 5.41 Å². The second-order valence-corrected chi connectivity index (χ2v) is 8.84. The molecule has 3 aromatic rings. The highest BCUT2D eigenvalue weighted by Crippen LogP contribution is 2.35. The maximum atomic E-state index is 13.2. The third-order valence-corrected chi connectivity index (χ3v) is 5.05. The molecule has 7 heteroatoms. The molecule has 0 saturated heterocycles. The Morgan fingerprint density at radius 2 is 1.66 bits per heavy atom. The minimum absolute atomic E-state index is 0.0961. The Labute approximate surface area is 178 Å². The molecule has 0 aliphatic heterocycles. The minimum atomic E-state index is -1.25. The van der Waals surface area contributed by atoms with Crippen LogP contribution in [0.3, 0.4) is 0 Å². The zero-order valence-electron chi connectivity index (χ0n) is 16.3. The zero-order valence-corrected chi connectivity index (χ0v) is 17.8. The van der Waals surface area contributed by atoms with Crippen LogP contribution >= 0.6 is 23.2 Å². The van der Waals surface area contributed by atoms with Gasteiger partial charge < -0.3 is 9.84 Å². The summed E-state index contributed by atoms with van der Waals surface area (Å²) in [7, 11) is 0. The average Bonchev–Trinajstić information content (AvgIpc) is 2.64. The molecule has 3 rings (SSSR count). The van der Waals surface area contributed by atoms with Gasteiger partial charge in [-0.05, 0) is 23.1 Å². The van der Waals surface area contributed by atoms with Crippen LogP contribution in [-0.2, 0) is 13.2 Å². The van der Waals surface area contributed by atoms with Gasteiger partial charge in [0.15, 0.2) is 11.4 Å². The summed E-state index contributed by atoms with van der Waals surface area (Å²) in [5, 5.41) is 11.0. The number of aromatic carboxylic acids is 1. The van der Waals surface area contributed by atoms with Crippen molar-refractivity contribution in [3.05, 3.63) is 74.1 Å². The number of halogens is 2. The summed E-state index contributed by atoms with van der Waals surface area (Å²) in [5.41, 5.74) is -0.121. The summed E-state index contributed by atoms with van der Waals surface area (Å²) < 4.78 is 7.21. The molecule has 1 aromatic heterocycles. The molecule has 1 heterocycles. The van der Waals surface area contributed by atoms with Crippen molar-refractivity contribution in [2.24, 2.45) is 5.41 Å². The standard InChI is InChI=1S/C22H21Cl2NO4/c1-22(2,3)12-25-18(21(27)28)19(29-11-13-7-5-4-6-8-13)14-9-16(23)17(24)10-15(14)20(25)26/h4-10H,11-12H2,1-3H3,(H,27,28). The van der Waals surface area contributed by atoms with E-state index in [1.165, 1.54) is 16.7 Å². The van der Waals surface area contributed by atoms with Crippen molar-refractivity contribution < 1.29 is 14.6 Å². The summed E-state index contributed by atoms with van der Waals surface area (Å²) in [4.78, 5) is 25.4. The van der Waals surface area contributed by atoms with E-state index in [9.17, 15) is 14.7 Å². The number of carbonyl (C=O) groups is 1. The van der Waals surface area contributed by atoms with Gasteiger partial charge in [-0.1, -0.05) is 74.3 Å². The molecular formula is C22H21Cl2NO4. The molecule has 0 aliphatic carbocycles. The van der Waals surface area contributed by atoms with Crippen molar-refractivity contribution in [1.29, 1.82) is 0 Å². The van der Waals surface area contributed by atoms with Crippen LogP contribution in [0.2, 0.25) is 10.0 Å². The van der Waals surface area contributed by atoms with Gasteiger partial charge in [0.25, 0.3) is 5.56 Å². The molecule has 0 aliphatic rings. The molecule has 29 heavy (non-hydrogen) atoms. The summed E-state index contributed by atoms with van der Waals surface area (Å²) in [6.45, 7) is 6.12. The Hall–Kier alpha value is -2.50. The predicted molar refractivity (Wildman–Crippen MR) is 115 cm³/mol. The molecule has 2 aromatic carbocycles. The number of ether oxygens (including phenoxy) is 1. The first-order chi connectivity index (χ1) is 13.6. The van der Waals surface area contributed by atoms with Crippen LogP contribution in [0.1, 0.15) is 36.8 Å². The molecule has 0 atom stereocenters. The lowest BCUT2D eigenvalue weighted by Gasteiger charge is -2.24. The Bertz CT molecular complexity index is 1130. The Balaban J connectivity index is 2.30. The fraction of sp³-hybridized carbons (Fsp3) is 0.273. The van der Waals surface area contributed by atoms with Gasteiger partial charge in [-0.15, -0.1) is 0 Å². The van der Waals surface area contributed by atoms with Crippen LogP contribution in [0.25, 0.3) is 10.8 Å². The minimum Gasteiger partial charge on any atom is -0.486 e. The SMILES string of the molecule is CC(C)(C)Cn1c(C(=O)O)c(OCc2ccccc2)c2cc(Cl)c(Cl)cc2c1=O. The van der Waals surface area contributed by atoms with E-state index in [4.69, 9.17) is 27.9 Å². The topological polar surface area (TPSA) is 68.5 Å². The fourth-order valence-electron chi connectivity index (χ4n) is 3.12. The Kier molecular flexibility index (Phi) is 5.92. The van der Waals surface area contributed by atoms with E-state index < -0.39 is 11.5 Å². The van der Waals surface area contributed by atoms with E-state index in [-0.39, 0.29) is 45.4 Å². The van der Waals surface area contributed by atoms with Crippen molar-refractivity contribution in [1.82, 2.24) is 4.57 Å². The number of hydrogen-bond donors (Lipinski definition) is 1. The predicted octanol–water partition coefficient (Wildman–Crippen LogP) is 5.63. The first kappa shape index (κ1) is 21.2. The van der Waals surface area contributed by atoms with Gasteiger partial charge >= 0.3 is 5.97 Å². The van der Waals surface area contributed by atoms with Gasteiger partial charge in [-0.3, -0.25) is 9.36 Å². The summed E-state index contributed by atoms with van der Waals surface area (Å²) in [6.07, 6.45) is 0. The molecular weight excluding hydrogens is 413 g/mol. The van der Waals surface area contributed by atoms with Crippen LogP contribution in [0.5, 0.6) is 5.75 Å². The van der Waals surface area contributed by atoms with Crippen LogP contribution in [0.15, 0.2) is 47.3 Å². The number of rotatable bonds is 5. The first-order valence-corrected chi connectivity index (χ1v) is 9.79. The fourth-order valence-corrected chi connectivity index (χ4v) is 3.45. The summed E-state index contributed by atoms with van der Waals surface area (Å²) in [6, 6.07) is 12.3. The van der Waals surface area contributed by atoms with E-state index in [2.05, 4.69) is 0 Å². The number of carboxylic acids is 1. The first-order valence-electron chi connectivity index (χ1n) is 9.04. The third kappa shape index (κ3) is 4.57. The highest BCUT2D eigenvalue weighted by molar-refractivity contribution is 6.42. The molecule has 152 valence electrons. The van der Waals surface area contributed by atoms with Gasteiger partial charge in [0.1, 0.15) is 6.61 Å². The van der Waals surface area contributed by atoms with Crippen LogP contribution < -0.4 is 10.3 Å². The zero-order chi connectivity index (χ0) is 21.3. The number of carboxylic acid groups (broad SMARTS) is 1. The maximum Gasteiger partial charge on any atom is 0.356 e. The van der Waals surface area contributed by atoms with Crippen molar-refractivity contribution in [2.75, 3.05) is 0 Å². The molecule has 0 unspecified atom stereocenters.